The van der Waals surface area contributed by atoms with Crippen molar-refractivity contribution in [2.45, 2.75) is 25.7 Å². The van der Waals surface area contributed by atoms with Crippen LogP contribution >= 0.6 is 0 Å². The molecule has 5 rings (SSSR count). The highest BCUT2D eigenvalue weighted by Crippen LogP contribution is 2.38. The van der Waals surface area contributed by atoms with Crippen molar-refractivity contribution in [1.29, 1.82) is 0 Å². The van der Waals surface area contributed by atoms with Crippen LogP contribution in [0.2, 0.25) is 0 Å². The van der Waals surface area contributed by atoms with E-state index in [0.717, 1.165) is 17.4 Å². The number of urea groups is 1. The van der Waals surface area contributed by atoms with Gasteiger partial charge in [-0.15, -0.1) is 0 Å². The molecule has 0 unspecified atom stereocenters. The molecule has 0 saturated heterocycles. The summed E-state index contributed by atoms with van der Waals surface area (Å²) < 4.78 is 96.3. The number of ether oxygens (including phenoxy) is 3. The van der Waals surface area contributed by atoms with Gasteiger partial charge in [-0.25, -0.2) is 9.78 Å². The molecule has 0 fully saturated rings. The number of aromatic nitrogens is 1. The SMILES string of the molecule is COc1cc2cc(Oc3ccc(NC(=O)Nc4cc(C(F)(F)F)cc(C(F)(F)F)c4)cc3)c(C)nc2cc1OCCc1ccccc1. The Hall–Kier alpha value is -5.46. The van der Waals surface area contributed by atoms with Crippen LogP contribution in [-0.2, 0) is 18.8 Å². The molecular weight excluding hydrogens is 628 g/mol. The number of amides is 2. The molecule has 0 aliphatic rings. The molecule has 7 nitrogen and oxygen atoms in total. The first kappa shape index (κ1) is 32.9. The van der Waals surface area contributed by atoms with Gasteiger partial charge in [0.2, 0.25) is 0 Å². The molecular formula is C34H27F6N3O4. The number of alkyl halides is 6. The van der Waals surface area contributed by atoms with Crippen molar-refractivity contribution in [3.63, 3.8) is 0 Å². The second-order valence-electron chi connectivity index (χ2n) is 10.4. The zero-order valence-corrected chi connectivity index (χ0v) is 24.9. The van der Waals surface area contributed by atoms with E-state index in [9.17, 15) is 31.1 Å². The van der Waals surface area contributed by atoms with Gasteiger partial charge in [0.25, 0.3) is 0 Å². The van der Waals surface area contributed by atoms with Gasteiger partial charge < -0.3 is 24.8 Å². The molecule has 2 N–H and O–H groups in total. The Labute approximate surface area is 265 Å². The number of benzene rings is 4. The number of carbonyl (C=O) groups is 1. The number of fused-ring (bicyclic) bond motifs is 1. The van der Waals surface area contributed by atoms with Gasteiger partial charge in [0.15, 0.2) is 11.5 Å². The van der Waals surface area contributed by atoms with E-state index in [1.807, 2.05) is 35.6 Å². The van der Waals surface area contributed by atoms with Crippen molar-refractivity contribution < 1.29 is 45.3 Å². The smallest absolute Gasteiger partial charge is 0.416 e. The van der Waals surface area contributed by atoms with E-state index < -0.39 is 35.2 Å². The summed E-state index contributed by atoms with van der Waals surface area (Å²) in [4.78, 5) is 17.1. The molecule has 0 saturated carbocycles. The zero-order chi connectivity index (χ0) is 33.8. The monoisotopic (exact) mass is 655 g/mol. The van der Waals surface area contributed by atoms with Gasteiger partial charge in [-0.2, -0.15) is 26.3 Å². The summed E-state index contributed by atoms with van der Waals surface area (Å²) in [7, 11) is 1.54. The third kappa shape index (κ3) is 8.43. The van der Waals surface area contributed by atoms with E-state index in [1.54, 1.807) is 32.2 Å². The van der Waals surface area contributed by atoms with E-state index in [1.165, 1.54) is 24.3 Å². The van der Waals surface area contributed by atoms with Crippen LogP contribution in [-0.4, -0.2) is 24.7 Å². The Balaban J connectivity index is 1.25. The van der Waals surface area contributed by atoms with Gasteiger partial charge in [0.1, 0.15) is 11.5 Å². The fourth-order valence-corrected chi connectivity index (χ4v) is 4.61. The Bertz CT molecular complexity index is 1850. The second kappa shape index (κ2) is 13.5. The number of carbonyl (C=O) groups excluding carboxylic acids is 1. The van der Waals surface area contributed by atoms with Crippen LogP contribution in [0.5, 0.6) is 23.0 Å². The van der Waals surface area contributed by atoms with Crippen LogP contribution in [0.1, 0.15) is 22.4 Å². The number of hydrogen-bond acceptors (Lipinski definition) is 5. The first-order chi connectivity index (χ1) is 22.3. The summed E-state index contributed by atoms with van der Waals surface area (Å²) in [5, 5.41) is 5.12. The molecule has 1 heterocycles. The zero-order valence-electron chi connectivity index (χ0n) is 24.9. The maximum Gasteiger partial charge on any atom is 0.416 e. The number of methoxy groups -OCH3 is 1. The normalized spacial score (nSPS) is 11.7. The van der Waals surface area contributed by atoms with E-state index in [-0.39, 0.29) is 11.8 Å². The molecule has 47 heavy (non-hydrogen) atoms. The average Bonchev–Trinajstić information content (AvgIpc) is 3.01. The van der Waals surface area contributed by atoms with Crippen LogP contribution in [0.4, 0.5) is 42.5 Å². The maximum absolute atomic E-state index is 13.1. The van der Waals surface area contributed by atoms with E-state index >= 15 is 0 Å². The van der Waals surface area contributed by atoms with Crippen molar-refractivity contribution in [1.82, 2.24) is 4.98 Å². The van der Waals surface area contributed by atoms with Crippen molar-refractivity contribution in [2.24, 2.45) is 0 Å². The molecule has 4 aromatic carbocycles. The topological polar surface area (TPSA) is 81.7 Å². The number of pyridine rings is 1. The third-order valence-electron chi connectivity index (χ3n) is 6.92. The maximum atomic E-state index is 13.1. The summed E-state index contributed by atoms with van der Waals surface area (Å²) in [6.07, 6.45) is -9.37. The summed E-state index contributed by atoms with van der Waals surface area (Å²) >= 11 is 0. The third-order valence-corrected chi connectivity index (χ3v) is 6.92. The predicted molar refractivity (Wildman–Crippen MR) is 164 cm³/mol. The number of anilines is 2. The molecule has 5 aromatic rings. The molecule has 1 aromatic heterocycles. The number of nitrogens with one attached hydrogen (secondary N) is 2. The van der Waals surface area contributed by atoms with E-state index in [4.69, 9.17) is 14.2 Å². The minimum Gasteiger partial charge on any atom is -0.493 e. The second-order valence-corrected chi connectivity index (χ2v) is 10.4. The molecule has 0 spiro atoms. The van der Waals surface area contributed by atoms with Gasteiger partial charge in [-0.3, -0.25) is 0 Å². The fourth-order valence-electron chi connectivity index (χ4n) is 4.61. The lowest BCUT2D eigenvalue weighted by Gasteiger charge is -2.15. The number of rotatable bonds is 9. The Morgan fingerprint density at radius 3 is 1.98 bits per heavy atom. The number of aryl methyl sites for hydroxylation is 1. The van der Waals surface area contributed by atoms with Crippen LogP contribution < -0.4 is 24.8 Å². The van der Waals surface area contributed by atoms with Crippen molar-refractivity contribution in [3.8, 4) is 23.0 Å². The van der Waals surface area contributed by atoms with Gasteiger partial charge in [0.05, 0.1) is 36.1 Å². The van der Waals surface area contributed by atoms with Gasteiger partial charge >= 0.3 is 18.4 Å². The van der Waals surface area contributed by atoms with Crippen LogP contribution in [0, 0.1) is 6.92 Å². The van der Waals surface area contributed by atoms with Crippen molar-refractivity contribution in [2.75, 3.05) is 24.4 Å². The van der Waals surface area contributed by atoms with Gasteiger partial charge in [0, 0.05) is 29.2 Å². The molecule has 2 amide bonds. The Morgan fingerprint density at radius 2 is 1.36 bits per heavy atom. The lowest BCUT2D eigenvalue weighted by molar-refractivity contribution is -0.143. The summed E-state index contributed by atoms with van der Waals surface area (Å²) in [6, 6.07) is 21.0. The van der Waals surface area contributed by atoms with Crippen molar-refractivity contribution >= 4 is 28.3 Å². The molecule has 0 aliphatic carbocycles. The molecule has 13 heteroatoms. The van der Waals surface area contributed by atoms with E-state index in [0.29, 0.717) is 52.9 Å². The standard InChI is InChI=1S/C34H27F6N3O4/c1-20-29(14-22-15-30(45-2)31(19-28(22)41-20)46-13-12-21-6-4-3-5-7-21)47-27-10-8-25(9-11-27)42-32(44)43-26-17-23(33(35,36)37)16-24(18-26)34(38,39)40/h3-11,14-19H,12-13H2,1-2H3,(H2,42,43,44). The minimum atomic E-state index is -5.05. The predicted octanol–water partition coefficient (Wildman–Crippen LogP) is 9.65. The molecule has 0 bridgehead atoms. The average molecular weight is 656 g/mol. The number of hydrogen-bond donors (Lipinski definition) is 2. The summed E-state index contributed by atoms with van der Waals surface area (Å²) in [6.45, 7) is 2.22. The number of halogens is 6. The van der Waals surface area contributed by atoms with Gasteiger partial charge in [-0.1, -0.05) is 30.3 Å². The highest BCUT2D eigenvalue weighted by atomic mass is 19.4. The highest BCUT2D eigenvalue weighted by Gasteiger charge is 2.37. The van der Waals surface area contributed by atoms with Crippen LogP contribution in [0.25, 0.3) is 10.9 Å². The molecule has 0 aliphatic heterocycles. The first-order valence-corrected chi connectivity index (χ1v) is 14.1. The fraction of sp³-hybridized carbons (Fsp3) is 0.176. The molecule has 0 radical (unpaired) electrons. The quantitative estimate of drug-likeness (QED) is 0.155. The summed E-state index contributed by atoms with van der Waals surface area (Å²) in [5.74, 6) is 1.90. The Kier molecular flexibility index (Phi) is 9.45. The Morgan fingerprint density at radius 1 is 0.745 bits per heavy atom. The molecule has 244 valence electrons. The van der Waals surface area contributed by atoms with Gasteiger partial charge in [-0.05, 0) is 67.1 Å². The van der Waals surface area contributed by atoms with E-state index in [2.05, 4.69) is 10.3 Å². The summed E-state index contributed by atoms with van der Waals surface area (Å²) in [5.41, 5.74) is -1.17. The minimum absolute atomic E-state index is 0.0228. The van der Waals surface area contributed by atoms with Crippen LogP contribution in [0.15, 0.2) is 91.0 Å². The number of nitrogens with zero attached hydrogens (tertiary/aromatic N) is 1. The largest absolute Gasteiger partial charge is 0.493 e. The highest BCUT2D eigenvalue weighted by molar-refractivity contribution is 5.99. The lowest BCUT2D eigenvalue weighted by atomic mass is 10.1. The molecule has 0 atom stereocenters. The lowest BCUT2D eigenvalue weighted by Crippen LogP contribution is -2.20. The van der Waals surface area contributed by atoms with Crippen LogP contribution in [0.3, 0.4) is 0 Å². The van der Waals surface area contributed by atoms with Crippen molar-refractivity contribution in [3.05, 3.63) is 113 Å². The first-order valence-electron chi connectivity index (χ1n) is 14.1.